The van der Waals surface area contributed by atoms with Crippen LogP contribution in [0.4, 0.5) is 5.69 Å². The van der Waals surface area contributed by atoms with Crippen LogP contribution in [-0.4, -0.2) is 18.2 Å². The zero-order valence-corrected chi connectivity index (χ0v) is 5.63. The van der Waals surface area contributed by atoms with Gasteiger partial charge in [0.05, 0.1) is 0 Å². The largest absolute Gasteiger partial charge is 0.506 e. The number of hydrogen-bond acceptors (Lipinski definition) is 3. The van der Waals surface area contributed by atoms with Crippen molar-refractivity contribution in [3.8, 4) is 5.75 Å². The molecule has 3 N–H and O–H groups in total. The van der Waals surface area contributed by atoms with Crippen molar-refractivity contribution < 1.29 is 10.3 Å². The first-order valence-electron chi connectivity index (χ1n) is 2.94. The predicted molar refractivity (Wildman–Crippen MR) is 41.7 cm³/mol. The van der Waals surface area contributed by atoms with Gasteiger partial charge in [-0.1, -0.05) is 11.5 Å². The van der Waals surface area contributed by atoms with E-state index < -0.39 is 0 Å². The van der Waals surface area contributed by atoms with E-state index in [1.54, 1.807) is 12.1 Å². The molecule has 4 heteroatoms. The van der Waals surface area contributed by atoms with Crippen LogP contribution < -0.4 is 10.9 Å². The van der Waals surface area contributed by atoms with E-state index in [1.807, 2.05) is 13.3 Å². The number of rotatable bonds is 1. The first-order chi connectivity index (χ1) is 4.74. The molecule has 0 spiro atoms. The van der Waals surface area contributed by atoms with Crippen molar-refractivity contribution in [1.29, 1.82) is 0 Å². The molecule has 0 atom stereocenters. The monoisotopic (exact) mass is 137 g/mol. The van der Waals surface area contributed by atoms with E-state index in [4.69, 9.17) is 10.3 Å². The van der Waals surface area contributed by atoms with Gasteiger partial charge in [0, 0.05) is 0 Å². The van der Waals surface area contributed by atoms with Gasteiger partial charge < -0.3 is 5.11 Å². The fourth-order valence-corrected chi connectivity index (χ4v) is 0.739. The summed E-state index contributed by atoms with van der Waals surface area (Å²) < 4.78 is 0. The van der Waals surface area contributed by atoms with E-state index in [9.17, 15) is 0 Å². The Kier molecular flexibility index (Phi) is 1.82. The van der Waals surface area contributed by atoms with Crippen molar-refractivity contribution in [3.63, 3.8) is 0 Å². The van der Waals surface area contributed by atoms with Crippen LogP contribution in [0, 0.1) is 0 Å². The lowest BCUT2D eigenvalue weighted by atomic mass is 9.96. The molecule has 0 saturated carbocycles. The molecule has 0 heterocycles. The Morgan fingerprint density at radius 2 is 2.10 bits per heavy atom. The fraction of sp³-hybridized carbons (Fsp3) is 0. The molecule has 0 aromatic heterocycles. The second-order valence-corrected chi connectivity index (χ2v) is 2.13. The Bertz CT molecular complexity index is 239. The molecule has 1 rings (SSSR count). The minimum Gasteiger partial charge on any atom is -0.506 e. The lowest BCUT2D eigenvalue weighted by Gasteiger charge is -2.01. The average molecular weight is 137 g/mol. The summed E-state index contributed by atoms with van der Waals surface area (Å²) in [5.41, 5.74) is 3.20. The highest BCUT2D eigenvalue weighted by atomic mass is 16.5. The van der Waals surface area contributed by atoms with Crippen LogP contribution in [0.25, 0.3) is 0 Å². The molecule has 0 aliphatic rings. The summed E-state index contributed by atoms with van der Waals surface area (Å²) >= 11 is 0. The number of aromatic hydroxyl groups is 1. The van der Waals surface area contributed by atoms with Gasteiger partial charge in [-0.3, -0.25) is 10.7 Å². The number of nitrogens with one attached hydrogen (secondary N) is 1. The van der Waals surface area contributed by atoms with Crippen LogP contribution in [0.2, 0.25) is 0 Å². The van der Waals surface area contributed by atoms with Crippen LogP contribution in [0.5, 0.6) is 5.75 Å². The molecular weight excluding hydrogens is 129 g/mol. The Hall–Kier alpha value is -1.16. The molecule has 0 fully saturated rings. The average Bonchev–Trinajstić information content (AvgIpc) is 1.94. The molecule has 52 valence electrons. The second-order valence-electron chi connectivity index (χ2n) is 2.13. The van der Waals surface area contributed by atoms with Crippen LogP contribution in [0.3, 0.4) is 0 Å². The summed E-state index contributed by atoms with van der Waals surface area (Å²) in [7, 11) is 1.88. The Morgan fingerprint density at radius 3 is 2.60 bits per heavy atom. The zero-order chi connectivity index (χ0) is 7.56. The Morgan fingerprint density at radius 1 is 1.40 bits per heavy atom. The minimum absolute atomic E-state index is 0.0492. The maximum atomic E-state index is 9.01. The quantitative estimate of drug-likeness (QED) is 0.276. The SMILES string of the molecule is Bc1ccc(O)c(NO)c1. The number of hydrogen-bond donors (Lipinski definition) is 3. The summed E-state index contributed by atoms with van der Waals surface area (Å²) in [6.07, 6.45) is 0. The first-order valence-corrected chi connectivity index (χ1v) is 2.94. The molecule has 0 unspecified atom stereocenters. The second kappa shape index (κ2) is 2.62. The summed E-state index contributed by atoms with van der Waals surface area (Å²) in [6, 6.07) is 4.93. The number of anilines is 1. The number of phenolic OH excluding ortho intramolecular Hbond substituents is 1. The van der Waals surface area contributed by atoms with E-state index in [0.717, 1.165) is 5.46 Å². The van der Waals surface area contributed by atoms with Crippen molar-refractivity contribution in [2.24, 2.45) is 0 Å². The maximum absolute atomic E-state index is 9.01. The number of benzene rings is 1. The van der Waals surface area contributed by atoms with E-state index in [2.05, 4.69) is 0 Å². The molecule has 1 aromatic rings. The van der Waals surface area contributed by atoms with Gasteiger partial charge in [-0.25, -0.2) is 0 Å². The third-order valence-electron chi connectivity index (χ3n) is 1.27. The summed E-state index contributed by atoms with van der Waals surface area (Å²) in [5.74, 6) is 0.0492. The molecule has 0 aliphatic carbocycles. The van der Waals surface area contributed by atoms with Gasteiger partial charge in [0.1, 0.15) is 19.3 Å². The molecule has 0 radical (unpaired) electrons. The third-order valence-corrected chi connectivity index (χ3v) is 1.27. The Labute approximate surface area is 59.7 Å². The standard InChI is InChI=1S/C6H8BNO2/c7-4-1-2-6(9)5(3-4)8-10/h1-3,8-10H,7H2. The highest BCUT2D eigenvalue weighted by molar-refractivity contribution is 6.32. The van der Waals surface area contributed by atoms with Gasteiger partial charge in [0.2, 0.25) is 0 Å². The lowest BCUT2D eigenvalue weighted by molar-refractivity contribution is 0.381. The van der Waals surface area contributed by atoms with Crippen LogP contribution in [0.15, 0.2) is 18.2 Å². The topological polar surface area (TPSA) is 52.5 Å². The smallest absolute Gasteiger partial charge is 0.140 e. The highest BCUT2D eigenvalue weighted by Gasteiger charge is 1.96. The van der Waals surface area contributed by atoms with Gasteiger partial charge in [0.25, 0.3) is 0 Å². The maximum Gasteiger partial charge on any atom is 0.140 e. The van der Waals surface area contributed by atoms with Crippen LogP contribution in [0.1, 0.15) is 0 Å². The van der Waals surface area contributed by atoms with Crippen molar-refractivity contribution in [2.75, 3.05) is 5.48 Å². The molecular formula is C6H8BNO2. The zero-order valence-electron chi connectivity index (χ0n) is 5.63. The Balaban J connectivity index is 3.09. The highest BCUT2D eigenvalue weighted by Crippen LogP contribution is 2.18. The van der Waals surface area contributed by atoms with Gasteiger partial charge in [0.15, 0.2) is 0 Å². The summed E-state index contributed by atoms with van der Waals surface area (Å²) in [4.78, 5) is 0. The summed E-state index contributed by atoms with van der Waals surface area (Å²) in [6.45, 7) is 0. The molecule has 0 bridgehead atoms. The third kappa shape index (κ3) is 1.22. The van der Waals surface area contributed by atoms with E-state index in [0.29, 0.717) is 5.69 Å². The van der Waals surface area contributed by atoms with Gasteiger partial charge in [-0.15, -0.1) is 0 Å². The van der Waals surface area contributed by atoms with Crippen molar-refractivity contribution >= 4 is 19.0 Å². The van der Waals surface area contributed by atoms with E-state index in [-0.39, 0.29) is 5.75 Å². The fourth-order valence-electron chi connectivity index (χ4n) is 0.739. The molecule has 1 aromatic carbocycles. The van der Waals surface area contributed by atoms with Crippen molar-refractivity contribution in [2.45, 2.75) is 0 Å². The van der Waals surface area contributed by atoms with Crippen LogP contribution >= 0.6 is 0 Å². The molecule has 0 saturated heterocycles. The lowest BCUT2D eigenvalue weighted by Crippen LogP contribution is -2.02. The molecule has 3 nitrogen and oxygen atoms in total. The minimum atomic E-state index is 0.0492. The predicted octanol–water partition coefficient (Wildman–Crippen LogP) is -0.548. The normalized spacial score (nSPS) is 9.30. The van der Waals surface area contributed by atoms with Gasteiger partial charge in [-0.05, 0) is 12.1 Å². The van der Waals surface area contributed by atoms with E-state index >= 15 is 0 Å². The van der Waals surface area contributed by atoms with Crippen LogP contribution in [-0.2, 0) is 0 Å². The van der Waals surface area contributed by atoms with Crippen molar-refractivity contribution in [3.05, 3.63) is 18.2 Å². The molecule has 0 amide bonds. The van der Waals surface area contributed by atoms with Gasteiger partial charge in [-0.2, -0.15) is 0 Å². The van der Waals surface area contributed by atoms with E-state index in [1.165, 1.54) is 6.07 Å². The van der Waals surface area contributed by atoms with Gasteiger partial charge >= 0.3 is 0 Å². The molecule has 10 heavy (non-hydrogen) atoms. The van der Waals surface area contributed by atoms with Crippen molar-refractivity contribution in [1.82, 2.24) is 0 Å². The first kappa shape index (κ1) is 6.96. The number of phenols is 1. The molecule has 0 aliphatic heterocycles. The summed E-state index contributed by atoms with van der Waals surface area (Å²) in [5, 5.41) is 17.4.